The van der Waals surface area contributed by atoms with Gasteiger partial charge in [0.05, 0.1) is 15.5 Å². The van der Waals surface area contributed by atoms with E-state index in [1.165, 1.54) is 41.3 Å². The Balaban J connectivity index is 1.80. The van der Waals surface area contributed by atoms with E-state index in [9.17, 15) is 28.1 Å². The van der Waals surface area contributed by atoms with Crippen LogP contribution in [0.15, 0.2) is 114 Å². The second-order valence-electron chi connectivity index (χ2n) is 11.0. The molecule has 234 valence electrons. The Bertz CT molecular complexity index is 1710. The summed E-state index contributed by atoms with van der Waals surface area (Å²) in [6.07, 6.45) is 0.194. The summed E-state index contributed by atoms with van der Waals surface area (Å²) in [4.78, 5) is 40.2. The zero-order chi connectivity index (χ0) is 32.6. The molecule has 0 bridgehead atoms. The second-order valence-corrected chi connectivity index (χ2v) is 12.8. The van der Waals surface area contributed by atoms with Crippen LogP contribution in [0.3, 0.4) is 0 Å². The smallest absolute Gasteiger partial charge is 0.269 e. The Morgan fingerprint density at radius 3 is 1.96 bits per heavy atom. The van der Waals surface area contributed by atoms with Gasteiger partial charge in [0.2, 0.25) is 11.8 Å². The lowest BCUT2D eigenvalue weighted by Gasteiger charge is -2.34. The number of nitro groups is 1. The van der Waals surface area contributed by atoms with Crippen molar-refractivity contribution >= 4 is 33.2 Å². The summed E-state index contributed by atoms with van der Waals surface area (Å²) in [5.41, 5.74) is 2.45. The molecule has 1 N–H and O–H groups in total. The maximum atomic E-state index is 14.4. The molecule has 0 heterocycles. The number of aryl methyl sites for hydroxylation is 1. The molecule has 0 saturated carbocycles. The van der Waals surface area contributed by atoms with Gasteiger partial charge in [-0.2, -0.15) is 0 Å². The fraction of sp³-hybridized carbons (Fsp3) is 0.235. The molecule has 10 nitrogen and oxygen atoms in total. The third-order valence-electron chi connectivity index (χ3n) is 7.13. The van der Waals surface area contributed by atoms with Crippen molar-refractivity contribution in [3.8, 4) is 0 Å². The number of sulfonamides is 1. The Hall–Kier alpha value is -5.03. The van der Waals surface area contributed by atoms with E-state index in [0.717, 1.165) is 21.0 Å². The van der Waals surface area contributed by atoms with Crippen molar-refractivity contribution in [2.24, 2.45) is 0 Å². The van der Waals surface area contributed by atoms with Crippen LogP contribution in [0.25, 0.3) is 0 Å². The molecular formula is C34H36N4O6S. The van der Waals surface area contributed by atoms with E-state index in [4.69, 9.17) is 0 Å². The van der Waals surface area contributed by atoms with E-state index in [2.05, 4.69) is 5.32 Å². The zero-order valence-electron chi connectivity index (χ0n) is 25.4. The summed E-state index contributed by atoms with van der Waals surface area (Å²) >= 11 is 0. The first-order valence-corrected chi connectivity index (χ1v) is 15.9. The molecule has 2 amide bonds. The number of carbonyl (C=O) groups is 2. The summed E-state index contributed by atoms with van der Waals surface area (Å²) in [6, 6.07) is 28.3. The van der Waals surface area contributed by atoms with Crippen molar-refractivity contribution in [1.29, 1.82) is 0 Å². The van der Waals surface area contributed by atoms with Crippen LogP contribution in [0.4, 0.5) is 11.4 Å². The first-order valence-electron chi connectivity index (χ1n) is 14.5. The SMILES string of the molecule is Cc1ccc(CN(C(=O)CN(c2ccc([N+](=O)[O-])cc2)S(=O)(=O)c2ccccc2)C(Cc2ccccc2)C(=O)NC(C)C)cc1. The van der Waals surface area contributed by atoms with E-state index >= 15 is 0 Å². The molecule has 1 unspecified atom stereocenters. The lowest BCUT2D eigenvalue weighted by atomic mass is 10.0. The number of non-ortho nitro benzene ring substituents is 1. The second kappa shape index (κ2) is 14.6. The largest absolute Gasteiger partial charge is 0.352 e. The molecule has 0 aromatic heterocycles. The van der Waals surface area contributed by atoms with E-state index in [1.807, 2.05) is 75.4 Å². The number of hydrogen-bond donors (Lipinski definition) is 1. The van der Waals surface area contributed by atoms with Gasteiger partial charge in [0.25, 0.3) is 15.7 Å². The number of hydrogen-bond acceptors (Lipinski definition) is 6. The van der Waals surface area contributed by atoms with Gasteiger partial charge in [0, 0.05) is 31.1 Å². The normalized spacial score (nSPS) is 11.9. The Morgan fingerprint density at radius 1 is 0.822 bits per heavy atom. The molecule has 1 atom stereocenters. The number of benzene rings is 4. The maximum absolute atomic E-state index is 14.4. The molecule has 0 aliphatic carbocycles. The van der Waals surface area contributed by atoms with E-state index in [1.54, 1.807) is 18.2 Å². The lowest BCUT2D eigenvalue weighted by molar-refractivity contribution is -0.384. The Kier molecular flexibility index (Phi) is 10.7. The minimum atomic E-state index is -4.30. The first-order chi connectivity index (χ1) is 21.5. The number of rotatable bonds is 13. The molecular weight excluding hydrogens is 592 g/mol. The van der Waals surface area contributed by atoms with Gasteiger partial charge in [0.1, 0.15) is 12.6 Å². The number of amides is 2. The number of anilines is 1. The van der Waals surface area contributed by atoms with Gasteiger partial charge >= 0.3 is 0 Å². The van der Waals surface area contributed by atoms with Crippen LogP contribution in [0.2, 0.25) is 0 Å². The maximum Gasteiger partial charge on any atom is 0.269 e. The highest BCUT2D eigenvalue weighted by Gasteiger charge is 2.35. The summed E-state index contributed by atoms with van der Waals surface area (Å²) in [7, 11) is -4.30. The van der Waals surface area contributed by atoms with Gasteiger partial charge < -0.3 is 10.2 Å². The predicted octanol–water partition coefficient (Wildman–Crippen LogP) is 5.26. The topological polar surface area (TPSA) is 130 Å². The van der Waals surface area contributed by atoms with Gasteiger partial charge in [-0.3, -0.25) is 24.0 Å². The summed E-state index contributed by atoms with van der Waals surface area (Å²) < 4.78 is 28.9. The lowest BCUT2D eigenvalue weighted by Crippen LogP contribution is -2.54. The summed E-state index contributed by atoms with van der Waals surface area (Å²) in [6.45, 7) is 4.99. The third-order valence-corrected chi connectivity index (χ3v) is 8.92. The minimum Gasteiger partial charge on any atom is -0.352 e. The monoisotopic (exact) mass is 628 g/mol. The van der Waals surface area contributed by atoms with Gasteiger partial charge in [0.15, 0.2) is 0 Å². The predicted molar refractivity (Wildman–Crippen MR) is 173 cm³/mol. The van der Waals surface area contributed by atoms with Gasteiger partial charge in [-0.1, -0.05) is 78.4 Å². The summed E-state index contributed by atoms with van der Waals surface area (Å²) in [5, 5.41) is 14.2. The number of nitrogens with zero attached hydrogens (tertiary/aromatic N) is 3. The molecule has 0 aliphatic rings. The summed E-state index contributed by atoms with van der Waals surface area (Å²) in [5.74, 6) is -0.990. The van der Waals surface area contributed by atoms with Crippen molar-refractivity contribution in [3.63, 3.8) is 0 Å². The highest BCUT2D eigenvalue weighted by Crippen LogP contribution is 2.27. The molecule has 0 saturated heterocycles. The molecule has 4 aromatic carbocycles. The Labute approximate surface area is 263 Å². The standard InChI is InChI=1S/C34H36N4O6S/c1-25(2)35-34(40)32(22-27-10-6-4-7-11-27)36(23-28-16-14-26(3)15-17-28)33(39)24-37(29-18-20-30(21-19-29)38(41)42)45(43,44)31-12-8-5-9-13-31/h4-21,25,32H,22-24H2,1-3H3,(H,35,40). The van der Waals surface area contributed by atoms with Crippen LogP contribution in [0, 0.1) is 17.0 Å². The van der Waals surface area contributed by atoms with Crippen LogP contribution in [-0.2, 0) is 32.6 Å². The van der Waals surface area contributed by atoms with Crippen molar-refractivity contribution in [3.05, 3.63) is 136 Å². The molecule has 4 rings (SSSR count). The van der Waals surface area contributed by atoms with Crippen molar-refractivity contribution in [2.75, 3.05) is 10.8 Å². The fourth-order valence-electron chi connectivity index (χ4n) is 4.81. The molecule has 4 aromatic rings. The molecule has 0 radical (unpaired) electrons. The average molecular weight is 629 g/mol. The van der Waals surface area contributed by atoms with Crippen LogP contribution < -0.4 is 9.62 Å². The molecule has 0 spiro atoms. The molecule has 45 heavy (non-hydrogen) atoms. The average Bonchev–Trinajstić information content (AvgIpc) is 3.03. The van der Waals surface area contributed by atoms with Crippen molar-refractivity contribution < 1.29 is 22.9 Å². The first kappa shape index (κ1) is 32.9. The molecule has 0 aliphatic heterocycles. The van der Waals surface area contributed by atoms with E-state index in [0.29, 0.717) is 0 Å². The van der Waals surface area contributed by atoms with Crippen LogP contribution in [0.1, 0.15) is 30.5 Å². The van der Waals surface area contributed by atoms with Crippen LogP contribution >= 0.6 is 0 Å². The number of carbonyl (C=O) groups excluding carboxylic acids is 2. The molecule has 11 heteroatoms. The number of nitro benzene ring substituents is 1. The molecule has 0 fully saturated rings. The Morgan fingerprint density at radius 2 is 1.40 bits per heavy atom. The van der Waals surface area contributed by atoms with Crippen molar-refractivity contribution in [2.45, 2.75) is 50.7 Å². The van der Waals surface area contributed by atoms with Gasteiger partial charge in [-0.25, -0.2) is 8.42 Å². The highest BCUT2D eigenvalue weighted by molar-refractivity contribution is 7.92. The number of nitrogens with one attached hydrogen (secondary N) is 1. The quantitative estimate of drug-likeness (QED) is 0.159. The van der Waals surface area contributed by atoms with Crippen molar-refractivity contribution in [1.82, 2.24) is 10.2 Å². The zero-order valence-corrected chi connectivity index (χ0v) is 26.2. The fourth-order valence-corrected chi connectivity index (χ4v) is 6.25. The highest BCUT2D eigenvalue weighted by atomic mass is 32.2. The minimum absolute atomic E-state index is 0.0433. The van der Waals surface area contributed by atoms with Crippen LogP contribution in [0.5, 0.6) is 0 Å². The van der Waals surface area contributed by atoms with E-state index in [-0.39, 0.29) is 41.2 Å². The van der Waals surface area contributed by atoms with Gasteiger partial charge in [-0.15, -0.1) is 0 Å². The van der Waals surface area contributed by atoms with Crippen LogP contribution in [-0.4, -0.2) is 48.7 Å². The third kappa shape index (κ3) is 8.54. The van der Waals surface area contributed by atoms with E-state index < -0.39 is 33.4 Å². The van der Waals surface area contributed by atoms with Gasteiger partial charge in [-0.05, 0) is 56.2 Å².